The largest absolute Gasteiger partial charge is 0.351 e. The number of aryl methyl sites for hydroxylation is 3. The Balaban J connectivity index is 1.56. The van der Waals surface area contributed by atoms with E-state index in [1.807, 2.05) is 36.7 Å². The molecule has 3 aromatic rings. The van der Waals surface area contributed by atoms with Crippen molar-refractivity contribution in [1.29, 1.82) is 0 Å². The molecular formula is C23H30N6O. The van der Waals surface area contributed by atoms with Crippen molar-refractivity contribution >= 4 is 16.9 Å². The van der Waals surface area contributed by atoms with Crippen molar-refractivity contribution in [2.75, 3.05) is 46.3 Å². The molecule has 1 fully saturated rings. The van der Waals surface area contributed by atoms with E-state index in [-0.39, 0.29) is 5.91 Å². The Bertz CT molecular complexity index is 1050. The number of nitrogens with one attached hydrogen (secondary N) is 1. The third-order valence-corrected chi connectivity index (χ3v) is 5.77. The van der Waals surface area contributed by atoms with E-state index in [4.69, 9.17) is 10.1 Å². The number of carbonyl (C=O) groups is 1. The molecule has 4 rings (SSSR count). The summed E-state index contributed by atoms with van der Waals surface area (Å²) in [5.41, 5.74) is 5.12. The molecule has 2 aromatic heterocycles. The van der Waals surface area contributed by atoms with E-state index in [0.29, 0.717) is 12.1 Å². The predicted octanol–water partition coefficient (Wildman–Crippen LogP) is 2.32. The Morgan fingerprint density at radius 3 is 2.47 bits per heavy atom. The van der Waals surface area contributed by atoms with Gasteiger partial charge >= 0.3 is 0 Å². The van der Waals surface area contributed by atoms with Crippen molar-refractivity contribution < 1.29 is 4.79 Å². The van der Waals surface area contributed by atoms with E-state index >= 15 is 0 Å². The SMILES string of the molecule is Cc1ccc(-n2nc(C)c3c(C(=O)NCCN4CCN(C)CC4)cc(C)nc32)cc1. The number of amides is 1. The third kappa shape index (κ3) is 4.22. The summed E-state index contributed by atoms with van der Waals surface area (Å²) in [6.07, 6.45) is 0. The zero-order valence-corrected chi connectivity index (χ0v) is 18.3. The minimum atomic E-state index is -0.0637. The monoisotopic (exact) mass is 406 g/mol. The average molecular weight is 407 g/mol. The van der Waals surface area contributed by atoms with Crippen molar-refractivity contribution in [3.63, 3.8) is 0 Å². The van der Waals surface area contributed by atoms with Crippen LogP contribution in [0.4, 0.5) is 0 Å². The van der Waals surface area contributed by atoms with Crippen molar-refractivity contribution in [2.24, 2.45) is 0 Å². The Hall–Kier alpha value is -2.77. The van der Waals surface area contributed by atoms with Gasteiger partial charge in [-0.25, -0.2) is 9.67 Å². The highest BCUT2D eigenvalue weighted by atomic mass is 16.1. The molecule has 1 saturated heterocycles. The number of piperazine rings is 1. The minimum Gasteiger partial charge on any atom is -0.351 e. The predicted molar refractivity (Wildman–Crippen MR) is 119 cm³/mol. The molecule has 1 aliphatic heterocycles. The van der Waals surface area contributed by atoms with E-state index in [9.17, 15) is 4.79 Å². The molecule has 0 saturated carbocycles. The number of hydrogen-bond acceptors (Lipinski definition) is 5. The van der Waals surface area contributed by atoms with Crippen LogP contribution in [0.2, 0.25) is 0 Å². The molecule has 1 aliphatic rings. The van der Waals surface area contributed by atoms with Gasteiger partial charge in [-0.15, -0.1) is 0 Å². The zero-order valence-electron chi connectivity index (χ0n) is 18.3. The topological polar surface area (TPSA) is 66.3 Å². The molecule has 0 aliphatic carbocycles. The molecule has 0 unspecified atom stereocenters. The fourth-order valence-corrected chi connectivity index (χ4v) is 3.95. The summed E-state index contributed by atoms with van der Waals surface area (Å²) in [4.78, 5) is 22.5. The smallest absolute Gasteiger partial charge is 0.252 e. The van der Waals surface area contributed by atoms with Gasteiger partial charge in [0.1, 0.15) is 0 Å². The lowest BCUT2D eigenvalue weighted by Gasteiger charge is -2.32. The Labute approximate surface area is 177 Å². The molecule has 0 atom stereocenters. The van der Waals surface area contributed by atoms with Crippen LogP contribution in [0.1, 0.15) is 27.3 Å². The molecule has 1 amide bonds. The molecule has 1 N–H and O–H groups in total. The van der Waals surface area contributed by atoms with Gasteiger partial charge in [-0.1, -0.05) is 17.7 Å². The summed E-state index contributed by atoms with van der Waals surface area (Å²) in [5.74, 6) is -0.0637. The van der Waals surface area contributed by atoms with E-state index in [1.165, 1.54) is 5.56 Å². The van der Waals surface area contributed by atoms with Crippen LogP contribution in [-0.4, -0.2) is 76.8 Å². The summed E-state index contributed by atoms with van der Waals surface area (Å²) in [6, 6.07) is 10.0. The number of carbonyl (C=O) groups excluding carboxylic acids is 1. The molecule has 158 valence electrons. The molecule has 30 heavy (non-hydrogen) atoms. The van der Waals surface area contributed by atoms with Gasteiger partial charge in [0.15, 0.2) is 5.65 Å². The molecule has 1 aromatic carbocycles. The van der Waals surface area contributed by atoms with Gasteiger partial charge in [0.25, 0.3) is 5.91 Å². The second-order valence-corrected chi connectivity index (χ2v) is 8.24. The maximum atomic E-state index is 13.0. The van der Waals surface area contributed by atoms with Crippen LogP contribution in [0.5, 0.6) is 0 Å². The highest BCUT2D eigenvalue weighted by molar-refractivity contribution is 6.06. The lowest BCUT2D eigenvalue weighted by Crippen LogP contribution is -2.46. The van der Waals surface area contributed by atoms with Crippen molar-refractivity contribution in [3.05, 3.63) is 52.8 Å². The van der Waals surface area contributed by atoms with E-state index < -0.39 is 0 Å². The highest BCUT2D eigenvalue weighted by Gasteiger charge is 2.20. The number of hydrogen-bond donors (Lipinski definition) is 1. The van der Waals surface area contributed by atoms with Crippen LogP contribution < -0.4 is 5.32 Å². The van der Waals surface area contributed by atoms with E-state index in [1.54, 1.807) is 0 Å². The van der Waals surface area contributed by atoms with Gasteiger partial charge in [-0.2, -0.15) is 5.10 Å². The van der Waals surface area contributed by atoms with Gasteiger partial charge in [-0.3, -0.25) is 9.69 Å². The van der Waals surface area contributed by atoms with Crippen LogP contribution in [0.15, 0.2) is 30.3 Å². The number of fused-ring (bicyclic) bond motifs is 1. The number of pyridine rings is 1. The van der Waals surface area contributed by atoms with Crippen molar-refractivity contribution in [1.82, 2.24) is 29.9 Å². The Kier molecular flexibility index (Phi) is 5.83. The maximum absolute atomic E-state index is 13.0. The summed E-state index contributed by atoms with van der Waals surface area (Å²) in [6.45, 7) is 11.7. The van der Waals surface area contributed by atoms with Crippen LogP contribution in [-0.2, 0) is 0 Å². The zero-order chi connectivity index (χ0) is 21.3. The summed E-state index contributed by atoms with van der Waals surface area (Å²) < 4.78 is 1.83. The average Bonchev–Trinajstić information content (AvgIpc) is 3.05. The molecular weight excluding hydrogens is 376 g/mol. The summed E-state index contributed by atoms with van der Waals surface area (Å²) in [7, 11) is 2.15. The van der Waals surface area contributed by atoms with Gasteiger partial charge in [0, 0.05) is 45.0 Å². The van der Waals surface area contributed by atoms with Crippen LogP contribution in [0.25, 0.3) is 16.7 Å². The molecule has 0 spiro atoms. The first-order valence-electron chi connectivity index (χ1n) is 10.6. The maximum Gasteiger partial charge on any atom is 0.252 e. The van der Waals surface area contributed by atoms with Gasteiger partial charge in [0.2, 0.25) is 0 Å². The van der Waals surface area contributed by atoms with E-state index in [2.05, 4.69) is 41.2 Å². The lowest BCUT2D eigenvalue weighted by molar-refractivity contribution is 0.0942. The first-order valence-corrected chi connectivity index (χ1v) is 10.6. The van der Waals surface area contributed by atoms with Gasteiger partial charge in [-0.05, 0) is 46.0 Å². The first-order chi connectivity index (χ1) is 14.4. The van der Waals surface area contributed by atoms with Gasteiger partial charge < -0.3 is 10.2 Å². The third-order valence-electron chi connectivity index (χ3n) is 5.77. The van der Waals surface area contributed by atoms with E-state index in [0.717, 1.165) is 60.8 Å². The lowest BCUT2D eigenvalue weighted by atomic mass is 10.1. The highest BCUT2D eigenvalue weighted by Crippen LogP contribution is 2.25. The van der Waals surface area contributed by atoms with Crippen molar-refractivity contribution in [3.8, 4) is 5.69 Å². The number of benzene rings is 1. The number of aromatic nitrogens is 3. The molecule has 3 heterocycles. The molecule has 7 heteroatoms. The van der Waals surface area contributed by atoms with Crippen LogP contribution >= 0.6 is 0 Å². The number of rotatable bonds is 5. The number of nitrogens with zero attached hydrogens (tertiary/aromatic N) is 5. The second kappa shape index (κ2) is 8.53. The molecule has 0 bridgehead atoms. The summed E-state index contributed by atoms with van der Waals surface area (Å²) in [5, 5.41) is 8.62. The summed E-state index contributed by atoms with van der Waals surface area (Å²) >= 11 is 0. The van der Waals surface area contributed by atoms with Crippen LogP contribution in [0.3, 0.4) is 0 Å². The standard InChI is InChI=1S/C23H30N6O/c1-16-5-7-19(8-6-16)29-22-21(18(3)26-29)20(15-17(2)25-22)23(30)24-9-10-28-13-11-27(4)12-14-28/h5-8,15H,9-14H2,1-4H3,(H,24,30). The fraction of sp³-hybridized carbons (Fsp3) is 0.435. The minimum absolute atomic E-state index is 0.0637. The fourth-order valence-electron chi connectivity index (χ4n) is 3.95. The molecule has 0 radical (unpaired) electrons. The van der Waals surface area contributed by atoms with Crippen molar-refractivity contribution in [2.45, 2.75) is 20.8 Å². The second-order valence-electron chi connectivity index (χ2n) is 8.24. The first kappa shape index (κ1) is 20.5. The Morgan fingerprint density at radius 1 is 1.07 bits per heavy atom. The Morgan fingerprint density at radius 2 is 1.77 bits per heavy atom. The quantitative estimate of drug-likeness (QED) is 0.704. The normalized spacial score (nSPS) is 15.6. The van der Waals surface area contributed by atoms with Gasteiger partial charge in [0.05, 0.1) is 22.3 Å². The number of likely N-dealkylation sites (N-methyl/N-ethyl adjacent to an activating group) is 1. The van der Waals surface area contributed by atoms with Crippen LogP contribution in [0, 0.1) is 20.8 Å². The molecule has 7 nitrogen and oxygen atoms in total.